The van der Waals surface area contributed by atoms with E-state index >= 15 is 0 Å². The lowest BCUT2D eigenvalue weighted by Crippen LogP contribution is -2.22. The molecule has 1 heterocycles. The molecule has 3 heteroatoms. The van der Waals surface area contributed by atoms with E-state index in [0.29, 0.717) is 0 Å². The Morgan fingerprint density at radius 2 is 2.27 bits per heavy atom. The number of aliphatic hydroxyl groups is 1. The predicted molar refractivity (Wildman–Crippen MR) is 43.4 cm³/mol. The first kappa shape index (κ1) is 8.27. The molecule has 11 heavy (non-hydrogen) atoms. The maximum absolute atomic E-state index is 9.00. The Bertz CT molecular complexity index is 240. The number of aromatic nitrogens is 2. The van der Waals surface area contributed by atoms with Crippen molar-refractivity contribution in [3.63, 3.8) is 0 Å². The smallest absolute Gasteiger partial charge is 0.0703 e. The van der Waals surface area contributed by atoms with Gasteiger partial charge >= 0.3 is 0 Å². The molecule has 0 aliphatic heterocycles. The Labute approximate surface area is 66.4 Å². The Hall–Kier alpha value is -0.830. The van der Waals surface area contributed by atoms with Gasteiger partial charge in [0, 0.05) is 11.1 Å². The van der Waals surface area contributed by atoms with Crippen molar-refractivity contribution in [2.45, 2.75) is 26.2 Å². The highest BCUT2D eigenvalue weighted by atomic mass is 16.3. The van der Waals surface area contributed by atoms with Gasteiger partial charge in [-0.1, -0.05) is 13.8 Å². The van der Waals surface area contributed by atoms with Gasteiger partial charge in [-0.25, -0.2) is 0 Å². The normalized spacial score (nSPS) is 12.0. The van der Waals surface area contributed by atoms with E-state index in [1.165, 1.54) is 0 Å². The van der Waals surface area contributed by atoms with Crippen molar-refractivity contribution >= 4 is 0 Å². The number of aryl methyl sites for hydroxylation is 1. The molecule has 0 spiro atoms. The van der Waals surface area contributed by atoms with Crippen molar-refractivity contribution < 1.29 is 5.11 Å². The summed E-state index contributed by atoms with van der Waals surface area (Å²) in [5, 5.41) is 15.9. The summed E-state index contributed by atoms with van der Waals surface area (Å²) >= 11 is 0. The van der Waals surface area contributed by atoms with Crippen LogP contribution in [0.4, 0.5) is 0 Å². The van der Waals surface area contributed by atoms with Gasteiger partial charge in [0.2, 0.25) is 0 Å². The monoisotopic (exact) mass is 154 g/mol. The van der Waals surface area contributed by atoms with Crippen molar-refractivity contribution in [3.8, 4) is 0 Å². The maximum atomic E-state index is 9.00. The maximum Gasteiger partial charge on any atom is 0.0703 e. The Balaban J connectivity index is 2.92. The van der Waals surface area contributed by atoms with Crippen LogP contribution < -0.4 is 0 Å². The number of hydrogen-bond acceptors (Lipinski definition) is 2. The summed E-state index contributed by atoms with van der Waals surface area (Å²) in [6.45, 7) is 5.99. The number of aliphatic hydroxyl groups excluding tert-OH is 1. The fraction of sp³-hybridized carbons (Fsp3) is 0.625. The number of nitrogens with one attached hydrogen (secondary N) is 1. The molecule has 1 aromatic heterocycles. The number of nitrogens with zero attached hydrogens (tertiary/aromatic N) is 1. The van der Waals surface area contributed by atoms with E-state index in [1.54, 1.807) is 0 Å². The van der Waals surface area contributed by atoms with Gasteiger partial charge in [-0.15, -0.1) is 0 Å². The van der Waals surface area contributed by atoms with Crippen molar-refractivity contribution in [1.82, 2.24) is 10.2 Å². The molecule has 3 nitrogen and oxygen atoms in total. The van der Waals surface area contributed by atoms with Gasteiger partial charge < -0.3 is 5.11 Å². The number of hydrogen-bond donors (Lipinski definition) is 2. The van der Waals surface area contributed by atoms with E-state index in [4.69, 9.17) is 5.11 Å². The minimum atomic E-state index is -0.231. The second-order valence-electron chi connectivity index (χ2n) is 3.48. The number of rotatable bonds is 2. The second kappa shape index (κ2) is 2.66. The molecule has 1 rings (SSSR count). The van der Waals surface area contributed by atoms with Crippen LogP contribution in [-0.2, 0) is 5.41 Å². The van der Waals surface area contributed by atoms with Gasteiger partial charge in [0.25, 0.3) is 0 Å². The number of H-pyrrole nitrogens is 1. The molecular weight excluding hydrogens is 140 g/mol. The van der Waals surface area contributed by atoms with Gasteiger partial charge in [0.1, 0.15) is 0 Å². The minimum Gasteiger partial charge on any atom is -0.395 e. The molecule has 2 N–H and O–H groups in total. The first-order chi connectivity index (χ1) is 5.06. The van der Waals surface area contributed by atoms with Gasteiger partial charge in [0.05, 0.1) is 12.3 Å². The molecule has 0 radical (unpaired) electrons. The van der Waals surface area contributed by atoms with Crippen molar-refractivity contribution in [2.75, 3.05) is 6.61 Å². The van der Waals surface area contributed by atoms with Gasteiger partial charge in [-0.2, -0.15) is 5.10 Å². The van der Waals surface area contributed by atoms with E-state index in [1.807, 2.05) is 26.8 Å². The van der Waals surface area contributed by atoms with Gasteiger partial charge in [-0.05, 0) is 13.0 Å². The third kappa shape index (κ3) is 1.60. The molecular formula is C8H14N2O. The van der Waals surface area contributed by atoms with Crippen LogP contribution in [0, 0.1) is 6.92 Å². The van der Waals surface area contributed by atoms with Crippen LogP contribution in [-0.4, -0.2) is 21.9 Å². The lowest BCUT2D eigenvalue weighted by molar-refractivity contribution is 0.215. The molecule has 0 amide bonds. The van der Waals surface area contributed by atoms with Crippen molar-refractivity contribution in [3.05, 3.63) is 17.5 Å². The van der Waals surface area contributed by atoms with Gasteiger partial charge in [-0.3, -0.25) is 5.10 Å². The molecule has 0 fully saturated rings. The van der Waals surface area contributed by atoms with Crippen LogP contribution in [0.15, 0.2) is 6.07 Å². The zero-order valence-corrected chi connectivity index (χ0v) is 7.18. The van der Waals surface area contributed by atoms with E-state index in [-0.39, 0.29) is 12.0 Å². The first-order valence-electron chi connectivity index (χ1n) is 3.69. The lowest BCUT2D eigenvalue weighted by atomic mass is 9.90. The molecule has 0 bridgehead atoms. The summed E-state index contributed by atoms with van der Waals surface area (Å²) in [5.41, 5.74) is 1.71. The molecule has 0 aliphatic carbocycles. The van der Waals surface area contributed by atoms with Crippen molar-refractivity contribution in [2.24, 2.45) is 0 Å². The van der Waals surface area contributed by atoms with E-state index in [2.05, 4.69) is 10.2 Å². The van der Waals surface area contributed by atoms with E-state index in [9.17, 15) is 0 Å². The van der Waals surface area contributed by atoms with Crippen LogP contribution in [0.5, 0.6) is 0 Å². The first-order valence-corrected chi connectivity index (χ1v) is 3.69. The van der Waals surface area contributed by atoms with Crippen LogP contribution in [0.3, 0.4) is 0 Å². The van der Waals surface area contributed by atoms with Crippen LogP contribution in [0.2, 0.25) is 0 Å². The molecule has 0 unspecified atom stereocenters. The fourth-order valence-corrected chi connectivity index (χ4v) is 0.846. The Morgan fingerprint density at radius 1 is 1.64 bits per heavy atom. The Morgan fingerprint density at radius 3 is 2.64 bits per heavy atom. The van der Waals surface area contributed by atoms with Crippen LogP contribution in [0.25, 0.3) is 0 Å². The highest BCUT2D eigenvalue weighted by Crippen LogP contribution is 2.20. The SMILES string of the molecule is Cc1cc(C(C)(C)CO)n[nH]1. The largest absolute Gasteiger partial charge is 0.395 e. The summed E-state index contributed by atoms with van der Waals surface area (Å²) in [5.74, 6) is 0. The molecule has 0 saturated carbocycles. The molecule has 62 valence electrons. The lowest BCUT2D eigenvalue weighted by Gasteiger charge is -2.17. The summed E-state index contributed by atoms with van der Waals surface area (Å²) in [6.07, 6.45) is 0. The standard InChI is InChI=1S/C8H14N2O/c1-6-4-7(10-9-6)8(2,3)5-11/h4,11H,5H2,1-3H3,(H,9,10). The molecule has 0 atom stereocenters. The quantitative estimate of drug-likeness (QED) is 0.667. The molecule has 1 aromatic rings. The second-order valence-corrected chi connectivity index (χ2v) is 3.48. The highest BCUT2D eigenvalue weighted by Gasteiger charge is 2.21. The topological polar surface area (TPSA) is 48.9 Å². The Kier molecular flexibility index (Phi) is 2.00. The average molecular weight is 154 g/mol. The highest BCUT2D eigenvalue weighted by molar-refractivity contribution is 5.16. The zero-order valence-electron chi connectivity index (χ0n) is 7.18. The van der Waals surface area contributed by atoms with Crippen LogP contribution >= 0.6 is 0 Å². The molecule has 0 saturated heterocycles. The summed E-state index contributed by atoms with van der Waals surface area (Å²) in [7, 11) is 0. The van der Waals surface area contributed by atoms with Crippen molar-refractivity contribution in [1.29, 1.82) is 0 Å². The summed E-state index contributed by atoms with van der Waals surface area (Å²) in [6, 6.07) is 1.95. The fourth-order valence-electron chi connectivity index (χ4n) is 0.846. The summed E-state index contributed by atoms with van der Waals surface area (Å²) in [4.78, 5) is 0. The summed E-state index contributed by atoms with van der Waals surface area (Å²) < 4.78 is 0. The third-order valence-electron chi connectivity index (χ3n) is 1.79. The molecule has 0 aromatic carbocycles. The van der Waals surface area contributed by atoms with Crippen LogP contribution in [0.1, 0.15) is 25.2 Å². The predicted octanol–water partition coefficient (Wildman–Crippen LogP) is 0.988. The average Bonchev–Trinajstić information content (AvgIpc) is 2.36. The van der Waals surface area contributed by atoms with Gasteiger partial charge in [0.15, 0.2) is 0 Å². The zero-order chi connectivity index (χ0) is 8.48. The molecule has 0 aliphatic rings. The number of aromatic amines is 1. The third-order valence-corrected chi connectivity index (χ3v) is 1.79. The van der Waals surface area contributed by atoms with E-state index in [0.717, 1.165) is 11.4 Å². The minimum absolute atomic E-state index is 0.122. The van der Waals surface area contributed by atoms with E-state index < -0.39 is 0 Å².